The van der Waals surface area contributed by atoms with Gasteiger partial charge in [0, 0.05) is 6.54 Å². The molecule has 1 aromatic rings. The molecule has 0 aliphatic heterocycles. The molecule has 2 nitrogen and oxygen atoms in total. The van der Waals surface area contributed by atoms with E-state index in [2.05, 4.69) is 19.2 Å². The van der Waals surface area contributed by atoms with Crippen molar-refractivity contribution in [2.45, 2.75) is 33.1 Å². The third kappa shape index (κ3) is 3.74. The summed E-state index contributed by atoms with van der Waals surface area (Å²) < 4.78 is 5.66. The predicted octanol–water partition coefficient (Wildman–Crippen LogP) is 3.48. The second kappa shape index (κ2) is 6.24. The van der Waals surface area contributed by atoms with E-state index in [1.165, 1.54) is 19.4 Å². The Morgan fingerprint density at radius 2 is 1.94 bits per heavy atom. The normalized spacial score (nSPS) is 16.8. The van der Waals surface area contributed by atoms with E-state index >= 15 is 0 Å². The van der Waals surface area contributed by atoms with E-state index in [9.17, 15) is 0 Å². The molecule has 0 amide bonds. The monoisotopic (exact) mass is 247 g/mol. The van der Waals surface area contributed by atoms with Gasteiger partial charge in [-0.1, -0.05) is 32.0 Å². The molecule has 0 unspecified atom stereocenters. The van der Waals surface area contributed by atoms with E-state index < -0.39 is 0 Å². The van der Waals surface area contributed by atoms with Gasteiger partial charge in [-0.25, -0.2) is 0 Å². The molecule has 0 saturated heterocycles. The van der Waals surface area contributed by atoms with Crippen LogP contribution in [0.15, 0.2) is 30.3 Å². The summed E-state index contributed by atoms with van der Waals surface area (Å²) in [6.07, 6.45) is 3.87. The van der Waals surface area contributed by atoms with Crippen molar-refractivity contribution in [2.75, 3.05) is 19.7 Å². The van der Waals surface area contributed by atoms with Crippen LogP contribution in [0.3, 0.4) is 0 Å². The van der Waals surface area contributed by atoms with Crippen molar-refractivity contribution in [3.63, 3.8) is 0 Å². The average Bonchev–Trinajstić information content (AvgIpc) is 3.16. The molecule has 100 valence electrons. The highest BCUT2D eigenvalue weighted by atomic mass is 16.5. The molecule has 1 aliphatic carbocycles. The Bertz CT molecular complexity index is 343. The Morgan fingerprint density at radius 3 is 2.56 bits per heavy atom. The fourth-order valence-electron chi connectivity index (χ4n) is 2.36. The molecule has 2 heteroatoms. The van der Waals surface area contributed by atoms with Crippen molar-refractivity contribution in [3.05, 3.63) is 30.3 Å². The van der Waals surface area contributed by atoms with Crippen LogP contribution < -0.4 is 10.1 Å². The van der Waals surface area contributed by atoms with Crippen LogP contribution in [0.1, 0.15) is 33.1 Å². The zero-order chi connectivity index (χ0) is 12.8. The summed E-state index contributed by atoms with van der Waals surface area (Å²) in [6, 6.07) is 10.0. The van der Waals surface area contributed by atoms with Crippen LogP contribution in [0.5, 0.6) is 5.75 Å². The van der Waals surface area contributed by atoms with Gasteiger partial charge in [0.15, 0.2) is 0 Å². The summed E-state index contributed by atoms with van der Waals surface area (Å²) in [6.45, 7) is 7.71. The van der Waals surface area contributed by atoms with Crippen LogP contribution >= 0.6 is 0 Å². The second-order valence-electron chi connectivity index (χ2n) is 5.71. The third-order valence-electron chi connectivity index (χ3n) is 4.10. The zero-order valence-electron chi connectivity index (χ0n) is 11.6. The first-order valence-corrected chi connectivity index (χ1v) is 7.11. The fraction of sp³-hybridized carbons (Fsp3) is 0.625. The van der Waals surface area contributed by atoms with E-state index in [1.807, 2.05) is 30.3 Å². The molecule has 1 N–H and O–H groups in total. The maximum absolute atomic E-state index is 5.66. The largest absolute Gasteiger partial charge is 0.494 e. The predicted molar refractivity (Wildman–Crippen MR) is 75.9 cm³/mol. The van der Waals surface area contributed by atoms with Gasteiger partial charge in [-0.2, -0.15) is 0 Å². The number of hydrogen-bond acceptors (Lipinski definition) is 2. The number of nitrogens with one attached hydrogen (secondary N) is 1. The van der Waals surface area contributed by atoms with Gasteiger partial charge < -0.3 is 10.1 Å². The molecule has 0 spiro atoms. The summed E-state index contributed by atoms with van der Waals surface area (Å²) in [7, 11) is 0. The number of rotatable bonds is 8. The first kappa shape index (κ1) is 13.4. The van der Waals surface area contributed by atoms with Gasteiger partial charge in [-0.3, -0.25) is 0 Å². The quantitative estimate of drug-likeness (QED) is 0.710. The van der Waals surface area contributed by atoms with Crippen LogP contribution in [0, 0.1) is 11.3 Å². The van der Waals surface area contributed by atoms with Crippen molar-refractivity contribution < 1.29 is 4.74 Å². The molecule has 0 bridgehead atoms. The van der Waals surface area contributed by atoms with Crippen LogP contribution in [0.4, 0.5) is 0 Å². The molecule has 18 heavy (non-hydrogen) atoms. The molecule has 0 aromatic heterocycles. The molecule has 0 atom stereocenters. The first-order chi connectivity index (χ1) is 8.73. The number of benzene rings is 1. The first-order valence-electron chi connectivity index (χ1n) is 7.11. The molecule has 1 aromatic carbocycles. The lowest BCUT2D eigenvalue weighted by atomic mass is 9.92. The number of ether oxygens (including phenoxy) is 1. The highest BCUT2D eigenvalue weighted by Gasteiger charge is 2.44. The van der Waals surface area contributed by atoms with Gasteiger partial charge in [-0.05, 0) is 49.3 Å². The minimum absolute atomic E-state index is 0.611. The standard InChI is InChI=1S/C16H25NO/c1-14(2)16(9-10-16)13-17-11-6-12-18-15-7-4-3-5-8-15/h3-5,7-8,14,17H,6,9-13H2,1-2H3. The lowest BCUT2D eigenvalue weighted by Crippen LogP contribution is -2.29. The zero-order valence-corrected chi connectivity index (χ0v) is 11.6. The lowest BCUT2D eigenvalue weighted by molar-refractivity contribution is 0.296. The molecule has 1 fully saturated rings. The number of para-hydroxylation sites is 1. The summed E-state index contributed by atoms with van der Waals surface area (Å²) in [5.41, 5.74) is 0.611. The van der Waals surface area contributed by atoms with Crippen LogP contribution in [-0.2, 0) is 0 Å². The van der Waals surface area contributed by atoms with Gasteiger partial charge in [0.1, 0.15) is 5.75 Å². The Labute approximate surface area is 111 Å². The molecule has 1 saturated carbocycles. The minimum atomic E-state index is 0.611. The number of hydrogen-bond donors (Lipinski definition) is 1. The molecular formula is C16H25NO. The van der Waals surface area contributed by atoms with Crippen molar-refractivity contribution in [1.29, 1.82) is 0 Å². The van der Waals surface area contributed by atoms with Crippen LogP contribution in [-0.4, -0.2) is 19.7 Å². The minimum Gasteiger partial charge on any atom is -0.494 e. The Kier molecular flexibility index (Phi) is 4.65. The highest BCUT2D eigenvalue weighted by Crippen LogP contribution is 2.51. The maximum atomic E-state index is 5.66. The molecular weight excluding hydrogens is 222 g/mol. The topological polar surface area (TPSA) is 21.3 Å². The molecule has 1 aliphatic rings. The van der Waals surface area contributed by atoms with Gasteiger partial charge in [0.05, 0.1) is 6.61 Å². The average molecular weight is 247 g/mol. The SMILES string of the molecule is CC(C)C1(CNCCCOc2ccccc2)CC1. The summed E-state index contributed by atoms with van der Waals surface area (Å²) in [5.74, 6) is 1.78. The Hall–Kier alpha value is -1.02. The van der Waals surface area contributed by atoms with Crippen molar-refractivity contribution >= 4 is 0 Å². The molecule has 0 radical (unpaired) electrons. The second-order valence-corrected chi connectivity index (χ2v) is 5.71. The van der Waals surface area contributed by atoms with E-state index in [0.717, 1.165) is 31.2 Å². The maximum Gasteiger partial charge on any atom is 0.119 e. The summed E-state index contributed by atoms with van der Waals surface area (Å²) in [4.78, 5) is 0. The van der Waals surface area contributed by atoms with Crippen molar-refractivity contribution in [2.24, 2.45) is 11.3 Å². The fourth-order valence-corrected chi connectivity index (χ4v) is 2.36. The lowest BCUT2D eigenvalue weighted by Gasteiger charge is -2.20. The summed E-state index contributed by atoms with van der Waals surface area (Å²) in [5, 5.41) is 3.58. The van der Waals surface area contributed by atoms with Gasteiger partial charge >= 0.3 is 0 Å². The molecule has 0 heterocycles. The van der Waals surface area contributed by atoms with E-state index in [1.54, 1.807) is 0 Å². The van der Waals surface area contributed by atoms with Crippen molar-refractivity contribution in [3.8, 4) is 5.75 Å². The van der Waals surface area contributed by atoms with E-state index in [-0.39, 0.29) is 0 Å². The van der Waals surface area contributed by atoms with Crippen molar-refractivity contribution in [1.82, 2.24) is 5.32 Å². The van der Waals surface area contributed by atoms with Crippen LogP contribution in [0.2, 0.25) is 0 Å². The summed E-state index contributed by atoms with van der Waals surface area (Å²) >= 11 is 0. The Balaban J connectivity index is 1.52. The smallest absolute Gasteiger partial charge is 0.119 e. The van der Waals surface area contributed by atoms with Crippen LogP contribution in [0.25, 0.3) is 0 Å². The highest BCUT2D eigenvalue weighted by molar-refractivity contribution is 5.20. The Morgan fingerprint density at radius 1 is 1.22 bits per heavy atom. The molecule has 2 rings (SSSR count). The van der Waals surface area contributed by atoms with Gasteiger partial charge in [0.2, 0.25) is 0 Å². The van der Waals surface area contributed by atoms with Gasteiger partial charge in [-0.15, -0.1) is 0 Å². The van der Waals surface area contributed by atoms with E-state index in [0.29, 0.717) is 5.41 Å². The van der Waals surface area contributed by atoms with E-state index in [4.69, 9.17) is 4.74 Å². The third-order valence-corrected chi connectivity index (χ3v) is 4.10. The van der Waals surface area contributed by atoms with Gasteiger partial charge in [0.25, 0.3) is 0 Å².